The van der Waals surface area contributed by atoms with E-state index in [4.69, 9.17) is 17.3 Å². The molecule has 0 radical (unpaired) electrons. The molecule has 0 saturated heterocycles. The Labute approximate surface area is 130 Å². The molecule has 0 spiro atoms. The first-order valence-electron chi connectivity index (χ1n) is 5.97. The number of aromatic nitrogens is 1. The fourth-order valence-electron chi connectivity index (χ4n) is 1.78. The minimum Gasteiger partial charge on any atom is -0.375 e. The van der Waals surface area contributed by atoms with E-state index < -0.39 is 0 Å². The first-order chi connectivity index (χ1) is 9.72. The van der Waals surface area contributed by atoms with Crippen molar-refractivity contribution in [2.24, 2.45) is 0 Å². The summed E-state index contributed by atoms with van der Waals surface area (Å²) in [6.07, 6.45) is 0. The number of nitrogens with zero attached hydrogens (tertiary/aromatic N) is 1. The number of nitrogen functional groups attached to an aromatic ring is 1. The average Bonchev–Trinajstić information content (AvgIpc) is 2.83. The summed E-state index contributed by atoms with van der Waals surface area (Å²) >= 11 is 9.07. The maximum atomic E-state index is 5.91. The van der Waals surface area contributed by atoms with Gasteiger partial charge in [-0.1, -0.05) is 65.0 Å². The lowest BCUT2D eigenvalue weighted by Gasteiger charge is -2.02. The molecule has 0 atom stereocenters. The molecule has 0 aliphatic heterocycles. The predicted molar refractivity (Wildman–Crippen MR) is 87.5 cm³/mol. The molecule has 1 heterocycles. The van der Waals surface area contributed by atoms with Crippen molar-refractivity contribution < 1.29 is 0 Å². The molecule has 0 unspecified atom stereocenters. The van der Waals surface area contributed by atoms with Crippen LogP contribution in [-0.2, 0) is 0 Å². The third kappa shape index (κ3) is 2.98. The van der Waals surface area contributed by atoms with E-state index in [-0.39, 0.29) is 0 Å². The molecule has 2 N–H and O–H groups in total. The second kappa shape index (κ2) is 5.87. The highest BCUT2D eigenvalue weighted by Crippen LogP contribution is 2.41. The average molecular weight is 319 g/mol. The van der Waals surface area contributed by atoms with Gasteiger partial charge in [-0.25, -0.2) is 4.98 Å². The zero-order chi connectivity index (χ0) is 13.9. The first-order valence-corrected chi connectivity index (χ1v) is 7.98. The second-order valence-corrected chi connectivity index (χ2v) is 6.92. The van der Waals surface area contributed by atoms with Crippen molar-refractivity contribution in [2.75, 3.05) is 5.73 Å². The van der Waals surface area contributed by atoms with E-state index in [1.807, 2.05) is 54.6 Å². The van der Waals surface area contributed by atoms with Crippen LogP contribution < -0.4 is 5.73 Å². The van der Waals surface area contributed by atoms with E-state index >= 15 is 0 Å². The number of hydrogen-bond donors (Lipinski definition) is 1. The van der Waals surface area contributed by atoms with E-state index in [2.05, 4.69) is 4.98 Å². The Morgan fingerprint density at radius 2 is 1.70 bits per heavy atom. The fraction of sp³-hybridized carbons (Fsp3) is 0. The van der Waals surface area contributed by atoms with Gasteiger partial charge in [0, 0.05) is 15.5 Å². The lowest BCUT2D eigenvalue weighted by Crippen LogP contribution is -1.83. The highest BCUT2D eigenvalue weighted by atomic mass is 35.5. The van der Waals surface area contributed by atoms with Gasteiger partial charge in [-0.3, -0.25) is 0 Å². The van der Waals surface area contributed by atoms with Crippen molar-refractivity contribution in [1.29, 1.82) is 0 Å². The number of nitrogens with two attached hydrogens (primary N) is 1. The summed E-state index contributed by atoms with van der Waals surface area (Å²) in [7, 11) is 0. The van der Waals surface area contributed by atoms with Gasteiger partial charge in [0.2, 0.25) is 0 Å². The number of anilines is 1. The van der Waals surface area contributed by atoms with Crippen LogP contribution in [0.25, 0.3) is 11.3 Å². The minimum atomic E-state index is 0.584. The van der Waals surface area contributed by atoms with Crippen molar-refractivity contribution in [3.8, 4) is 11.3 Å². The van der Waals surface area contributed by atoms with Gasteiger partial charge in [-0.05, 0) is 24.3 Å². The maximum absolute atomic E-state index is 5.91. The van der Waals surface area contributed by atoms with Crippen LogP contribution in [0.4, 0.5) is 5.13 Å². The maximum Gasteiger partial charge on any atom is 0.181 e. The number of halogens is 1. The number of benzene rings is 2. The van der Waals surface area contributed by atoms with Gasteiger partial charge in [-0.15, -0.1) is 0 Å². The molecule has 0 aliphatic rings. The molecule has 0 bridgehead atoms. The molecular weight excluding hydrogens is 308 g/mol. The van der Waals surface area contributed by atoms with Crippen LogP contribution in [-0.4, -0.2) is 4.98 Å². The molecule has 100 valence electrons. The summed E-state index contributed by atoms with van der Waals surface area (Å²) < 4.78 is 1.09. The summed E-state index contributed by atoms with van der Waals surface area (Å²) in [5, 5.41) is 1.32. The Morgan fingerprint density at radius 3 is 2.40 bits per heavy atom. The van der Waals surface area contributed by atoms with Crippen LogP contribution in [0.15, 0.2) is 63.7 Å². The van der Waals surface area contributed by atoms with Crippen LogP contribution in [0.5, 0.6) is 0 Å². The molecular formula is C15H11ClN2S2. The number of hydrogen-bond acceptors (Lipinski definition) is 4. The topological polar surface area (TPSA) is 38.9 Å². The standard InChI is InChI=1S/C15H11ClN2S2/c16-11-6-8-12(9-7-11)19-14-13(18-15(17)20-14)10-4-2-1-3-5-10/h1-9H,(H2,17,18). The Hall–Kier alpha value is -1.49. The van der Waals surface area contributed by atoms with Gasteiger partial charge < -0.3 is 5.73 Å². The minimum absolute atomic E-state index is 0.584. The van der Waals surface area contributed by atoms with Crippen molar-refractivity contribution in [1.82, 2.24) is 4.98 Å². The summed E-state index contributed by atoms with van der Waals surface area (Å²) in [5.74, 6) is 0. The van der Waals surface area contributed by atoms with E-state index in [0.29, 0.717) is 5.13 Å². The van der Waals surface area contributed by atoms with Gasteiger partial charge >= 0.3 is 0 Å². The molecule has 2 aromatic carbocycles. The SMILES string of the molecule is Nc1nc(-c2ccccc2)c(Sc2ccc(Cl)cc2)s1. The van der Waals surface area contributed by atoms with Gasteiger partial charge in [0.1, 0.15) is 0 Å². The van der Waals surface area contributed by atoms with E-state index in [0.717, 1.165) is 25.4 Å². The van der Waals surface area contributed by atoms with Gasteiger partial charge in [0.05, 0.1) is 9.90 Å². The Balaban J connectivity index is 1.96. The molecule has 1 aromatic heterocycles. The molecule has 0 amide bonds. The molecule has 3 aromatic rings. The molecule has 3 rings (SSSR count). The summed E-state index contributed by atoms with van der Waals surface area (Å²) in [6.45, 7) is 0. The van der Waals surface area contributed by atoms with Crippen molar-refractivity contribution in [3.63, 3.8) is 0 Å². The Kier molecular flexibility index (Phi) is 3.96. The summed E-state index contributed by atoms with van der Waals surface area (Å²) in [4.78, 5) is 5.56. The molecule has 5 heteroatoms. The highest BCUT2D eigenvalue weighted by Gasteiger charge is 2.12. The predicted octanol–water partition coefficient (Wildman–Crippen LogP) is 5.20. The molecule has 20 heavy (non-hydrogen) atoms. The first kappa shape index (κ1) is 13.5. The van der Waals surface area contributed by atoms with Crippen molar-refractivity contribution in [3.05, 3.63) is 59.6 Å². The van der Waals surface area contributed by atoms with Crippen LogP contribution in [0.2, 0.25) is 5.02 Å². The van der Waals surface area contributed by atoms with E-state index in [1.165, 1.54) is 11.3 Å². The van der Waals surface area contributed by atoms with Gasteiger partial charge in [0.25, 0.3) is 0 Å². The molecule has 0 aliphatic carbocycles. The fourth-order valence-corrected chi connectivity index (χ4v) is 3.95. The van der Waals surface area contributed by atoms with Crippen LogP contribution in [0.3, 0.4) is 0 Å². The summed E-state index contributed by atoms with van der Waals surface area (Å²) in [6, 6.07) is 17.8. The van der Waals surface area contributed by atoms with Crippen LogP contribution in [0.1, 0.15) is 0 Å². The molecule has 2 nitrogen and oxygen atoms in total. The molecule has 0 fully saturated rings. The van der Waals surface area contributed by atoms with E-state index in [9.17, 15) is 0 Å². The monoisotopic (exact) mass is 318 g/mol. The largest absolute Gasteiger partial charge is 0.375 e. The smallest absolute Gasteiger partial charge is 0.181 e. The van der Waals surface area contributed by atoms with Crippen molar-refractivity contribution in [2.45, 2.75) is 9.10 Å². The van der Waals surface area contributed by atoms with Crippen LogP contribution in [0, 0.1) is 0 Å². The highest BCUT2D eigenvalue weighted by molar-refractivity contribution is 8.01. The Bertz CT molecular complexity index is 708. The quantitative estimate of drug-likeness (QED) is 0.721. The third-order valence-corrected chi connectivity index (χ3v) is 5.00. The zero-order valence-electron chi connectivity index (χ0n) is 10.4. The number of rotatable bonds is 3. The van der Waals surface area contributed by atoms with Crippen molar-refractivity contribution >= 4 is 39.8 Å². The lowest BCUT2D eigenvalue weighted by molar-refractivity contribution is 1.36. The normalized spacial score (nSPS) is 10.7. The second-order valence-electron chi connectivity index (χ2n) is 4.11. The third-order valence-electron chi connectivity index (χ3n) is 2.68. The van der Waals surface area contributed by atoms with E-state index in [1.54, 1.807) is 11.8 Å². The summed E-state index contributed by atoms with van der Waals surface area (Å²) in [5.41, 5.74) is 7.89. The van der Waals surface area contributed by atoms with Crippen LogP contribution >= 0.6 is 34.7 Å². The molecule has 0 saturated carbocycles. The lowest BCUT2D eigenvalue weighted by atomic mass is 10.2. The van der Waals surface area contributed by atoms with Gasteiger partial charge in [0.15, 0.2) is 5.13 Å². The zero-order valence-corrected chi connectivity index (χ0v) is 12.8. The number of thiazole rings is 1. The Morgan fingerprint density at radius 1 is 1.00 bits per heavy atom. The van der Waals surface area contributed by atoms with Gasteiger partial charge in [-0.2, -0.15) is 0 Å².